The maximum atomic E-state index is 5.57. The molecule has 1 nitrogen and oxygen atoms in total. The van der Waals surface area contributed by atoms with Crippen LogP contribution in [-0.2, 0) is 0 Å². The highest BCUT2D eigenvalue weighted by Gasteiger charge is 2.00. The second-order valence-electron chi connectivity index (χ2n) is 3.57. The van der Waals surface area contributed by atoms with Gasteiger partial charge in [0.05, 0.1) is 0 Å². The van der Waals surface area contributed by atoms with Crippen LogP contribution in [0.4, 0.5) is 0 Å². The zero-order valence-corrected chi connectivity index (χ0v) is 8.83. The largest absolute Gasteiger partial charge is 0.404 e. The van der Waals surface area contributed by atoms with Crippen molar-refractivity contribution in [1.82, 2.24) is 0 Å². The number of hydrogen-bond donors (Lipinski definition) is 1. The summed E-state index contributed by atoms with van der Waals surface area (Å²) in [4.78, 5) is 0. The summed E-state index contributed by atoms with van der Waals surface area (Å²) in [5, 5.41) is 2.25. The Morgan fingerprint density at radius 1 is 1.36 bits per heavy atom. The zero-order valence-electron chi connectivity index (χ0n) is 8.83. The Bertz CT molecular complexity index is 427. The molecule has 14 heavy (non-hydrogen) atoms. The van der Waals surface area contributed by atoms with E-state index in [0.717, 1.165) is 5.22 Å². The number of benzene rings is 1. The van der Waals surface area contributed by atoms with Crippen molar-refractivity contribution in [3.05, 3.63) is 46.9 Å². The van der Waals surface area contributed by atoms with Crippen molar-refractivity contribution in [3.63, 3.8) is 0 Å². The molecule has 0 aliphatic rings. The number of allylic oxidation sites excluding steroid dienone is 1. The second-order valence-corrected chi connectivity index (χ2v) is 3.57. The van der Waals surface area contributed by atoms with Gasteiger partial charge in [0.1, 0.15) is 0 Å². The van der Waals surface area contributed by atoms with E-state index in [0.29, 0.717) is 5.92 Å². The molecule has 1 heteroatoms. The minimum absolute atomic E-state index is 0.501. The lowest BCUT2D eigenvalue weighted by Crippen LogP contribution is -2.29. The third kappa shape index (κ3) is 2.05. The first-order valence-corrected chi connectivity index (χ1v) is 4.84. The molecule has 2 N–H and O–H groups in total. The monoisotopic (exact) mass is 187 g/mol. The number of nitrogens with two attached hydrogens (primary N) is 1. The molecule has 0 saturated heterocycles. The average molecular weight is 187 g/mol. The molecule has 0 amide bonds. The first kappa shape index (κ1) is 10.6. The molecule has 1 aromatic rings. The van der Waals surface area contributed by atoms with Crippen LogP contribution in [-0.4, -0.2) is 0 Å². The first-order valence-electron chi connectivity index (χ1n) is 4.84. The molecule has 1 aromatic carbocycles. The quantitative estimate of drug-likeness (QED) is 0.745. The topological polar surface area (TPSA) is 26.0 Å². The van der Waals surface area contributed by atoms with Gasteiger partial charge in [-0.05, 0) is 21.9 Å². The lowest BCUT2D eigenvalue weighted by Gasteiger charge is -2.06. The average Bonchev–Trinajstić information content (AvgIpc) is 2.18. The van der Waals surface area contributed by atoms with E-state index >= 15 is 0 Å². The SMILES string of the molecule is C=C/C=c1/c(C(C)C)ccc/c1=C/N. The molecule has 0 aliphatic carbocycles. The molecule has 0 heterocycles. The van der Waals surface area contributed by atoms with Gasteiger partial charge in [0.15, 0.2) is 0 Å². The van der Waals surface area contributed by atoms with E-state index in [9.17, 15) is 0 Å². The predicted molar refractivity (Wildman–Crippen MR) is 63.1 cm³/mol. The van der Waals surface area contributed by atoms with E-state index in [4.69, 9.17) is 5.73 Å². The van der Waals surface area contributed by atoms with E-state index in [2.05, 4.69) is 26.5 Å². The molecule has 0 unspecified atom stereocenters. The third-order valence-electron chi connectivity index (χ3n) is 2.26. The number of rotatable bonds is 2. The van der Waals surface area contributed by atoms with Gasteiger partial charge >= 0.3 is 0 Å². The zero-order chi connectivity index (χ0) is 10.6. The van der Waals surface area contributed by atoms with Crippen LogP contribution in [0.5, 0.6) is 0 Å². The summed E-state index contributed by atoms with van der Waals surface area (Å²) in [7, 11) is 0. The van der Waals surface area contributed by atoms with Gasteiger partial charge in [0.25, 0.3) is 0 Å². The van der Waals surface area contributed by atoms with Crippen LogP contribution in [0.2, 0.25) is 0 Å². The lowest BCUT2D eigenvalue weighted by molar-refractivity contribution is 0.856. The third-order valence-corrected chi connectivity index (χ3v) is 2.26. The van der Waals surface area contributed by atoms with Gasteiger partial charge in [-0.25, -0.2) is 0 Å². The molecule has 0 bridgehead atoms. The van der Waals surface area contributed by atoms with Gasteiger partial charge in [-0.2, -0.15) is 0 Å². The van der Waals surface area contributed by atoms with E-state index in [-0.39, 0.29) is 0 Å². The molecular weight excluding hydrogens is 170 g/mol. The fourth-order valence-electron chi connectivity index (χ4n) is 1.56. The molecule has 0 aromatic heterocycles. The van der Waals surface area contributed by atoms with E-state index in [1.165, 1.54) is 10.8 Å². The molecule has 0 saturated carbocycles. The maximum absolute atomic E-state index is 5.57. The van der Waals surface area contributed by atoms with Gasteiger partial charge in [-0.3, -0.25) is 0 Å². The van der Waals surface area contributed by atoms with Gasteiger partial charge < -0.3 is 5.73 Å². The Balaban J connectivity index is 3.61. The molecule has 0 aliphatic heterocycles. The Morgan fingerprint density at radius 3 is 2.57 bits per heavy atom. The van der Waals surface area contributed by atoms with E-state index in [1.54, 1.807) is 12.3 Å². The van der Waals surface area contributed by atoms with Crippen molar-refractivity contribution in [2.45, 2.75) is 19.8 Å². The van der Waals surface area contributed by atoms with Crippen molar-refractivity contribution in [2.24, 2.45) is 5.73 Å². The summed E-state index contributed by atoms with van der Waals surface area (Å²) >= 11 is 0. The highest BCUT2D eigenvalue weighted by atomic mass is 14.5. The van der Waals surface area contributed by atoms with Crippen molar-refractivity contribution in [2.75, 3.05) is 0 Å². The van der Waals surface area contributed by atoms with Crippen molar-refractivity contribution in [3.8, 4) is 0 Å². The van der Waals surface area contributed by atoms with E-state index in [1.807, 2.05) is 18.2 Å². The van der Waals surface area contributed by atoms with Gasteiger partial charge in [-0.15, -0.1) is 0 Å². The molecular formula is C13H17N. The maximum Gasteiger partial charge on any atom is 0.00176 e. The number of hydrogen-bond acceptors (Lipinski definition) is 1. The van der Waals surface area contributed by atoms with Crippen LogP contribution < -0.4 is 16.2 Å². The van der Waals surface area contributed by atoms with Crippen molar-refractivity contribution in [1.29, 1.82) is 0 Å². The second kappa shape index (κ2) is 4.66. The summed E-state index contributed by atoms with van der Waals surface area (Å²) in [5.74, 6) is 0.501. The van der Waals surface area contributed by atoms with Gasteiger partial charge in [0.2, 0.25) is 0 Å². The molecule has 0 atom stereocenters. The van der Waals surface area contributed by atoms with Crippen LogP contribution >= 0.6 is 0 Å². The van der Waals surface area contributed by atoms with Crippen LogP contribution in [0.1, 0.15) is 25.3 Å². The highest BCUT2D eigenvalue weighted by Crippen LogP contribution is 2.06. The fraction of sp³-hybridized carbons (Fsp3) is 0.231. The van der Waals surface area contributed by atoms with Crippen LogP contribution in [0.15, 0.2) is 30.9 Å². The van der Waals surface area contributed by atoms with Crippen LogP contribution in [0.3, 0.4) is 0 Å². The van der Waals surface area contributed by atoms with Gasteiger partial charge in [0, 0.05) is 6.20 Å². The Morgan fingerprint density at radius 2 is 2.07 bits per heavy atom. The smallest absolute Gasteiger partial charge is 0.00176 e. The summed E-state index contributed by atoms with van der Waals surface area (Å²) in [6.07, 6.45) is 5.45. The molecule has 0 radical (unpaired) electrons. The summed E-state index contributed by atoms with van der Waals surface area (Å²) in [5.41, 5.74) is 6.88. The van der Waals surface area contributed by atoms with Crippen LogP contribution in [0, 0.1) is 0 Å². The summed E-state index contributed by atoms with van der Waals surface area (Å²) in [6, 6.07) is 6.18. The Hall–Kier alpha value is -1.50. The standard InChI is InChI=1S/C13H17N/c1-4-6-13-11(9-14)7-5-8-12(13)10(2)3/h4-10H,1,14H2,2-3H3/b11-9-,13-6+. The minimum Gasteiger partial charge on any atom is -0.404 e. The molecule has 0 fully saturated rings. The van der Waals surface area contributed by atoms with Crippen LogP contribution in [0.25, 0.3) is 12.3 Å². The van der Waals surface area contributed by atoms with Crippen molar-refractivity contribution >= 4 is 12.3 Å². The molecule has 1 rings (SSSR count). The summed E-state index contributed by atoms with van der Waals surface area (Å²) < 4.78 is 0. The highest BCUT2D eigenvalue weighted by molar-refractivity contribution is 5.42. The molecule has 74 valence electrons. The first-order chi connectivity index (χ1) is 6.70. The Kier molecular flexibility index (Phi) is 3.52. The van der Waals surface area contributed by atoms with Gasteiger partial charge in [-0.1, -0.05) is 50.8 Å². The van der Waals surface area contributed by atoms with E-state index < -0.39 is 0 Å². The lowest BCUT2D eigenvalue weighted by atomic mass is 9.99. The molecule has 0 spiro atoms. The minimum atomic E-state index is 0.501. The Labute approximate surface area is 85.3 Å². The normalized spacial score (nSPS) is 13.6. The predicted octanol–water partition coefficient (Wildman–Crippen LogP) is 1.47. The summed E-state index contributed by atoms with van der Waals surface area (Å²) in [6.45, 7) is 8.07. The van der Waals surface area contributed by atoms with Crippen molar-refractivity contribution < 1.29 is 0 Å². The fourth-order valence-corrected chi connectivity index (χ4v) is 1.56.